The van der Waals surface area contributed by atoms with E-state index in [9.17, 15) is 4.79 Å². The van der Waals surface area contributed by atoms with E-state index in [1.165, 1.54) is 0 Å². The first-order valence-electron chi connectivity index (χ1n) is 9.75. The van der Waals surface area contributed by atoms with Gasteiger partial charge >= 0.3 is 0 Å². The molecule has 2 N–H and O–H groups in total. The van der Waals surface area contributed by atoms with Crippen LogP contribution in [-0.2, 0) is 4.79 Å². The van der Waals surface area contributed by atoms with Crippen molar-refractivity contribution in [2.45, 2.75) is 24.8 Å². The lowest BCUT2D eigenvalue weighted by atomic mass is 9.79. The van der Waals surface area contributed by atoms with Crippen molar-refractivity contribution in [3.05, 3.63) is 100 Å². The van der Waals surface area contributed by atoms with Crippen molar-refractivity contribution in [1.29, 1.82) is 0 Å². The number of aromatic nitrogens is 1. The van der Waals surface area contributed by atoms with Crippen LogP contribution < -0.4 is 10.6 Å². The quantitative estimate of drug-likeness (QED) is 0.577. The second kappa shape index (κ2) is 7.37. The zero-order valence-corrected chi connectivity index (χ0v) is 16.5. The number of para-hydroxylation sites is 2. The molecule has 5 rings (SSSR count). The summed E-state index contributed by atoms with van der Waals surface area (Å²) in [5.74, 6) is 0.178. The molecule has 0 bridgehead atoms. The molecule has 4 nitrogen and oxygen atoms in total. The van der Waals surface area contributed by atoms with Gasteiger partial charge in [0.2, 0.25) is 0 Å². The molecule has 2 aromatic carbocycles. The summed E-state index contributed by atoms with van der Waals surface area (Å²) in [6.45, 7) is 0. The number of allylic oxidation sites excluding steroid dienone is 1. The number of pyridine rings is 1. The van der Waals surface area contributed by atoms with Crippen molar-refractivity contribution in [3.8, 4) is 0 Å². The average molecular weight is 402 g/mol. The highest BCUT2D eigenvalue weighted by atomic mass is 35.5. The second-order valence-electron chi connectivity index (χ2n) is 7.44. The van der Waals surface area contributed by atoms with Crippen LogP contribution in [0.3, 0.4) is 0 Å². The Morgan fingerprint density at radius 2 is 1.66 bits per heavy atom. The van der Waals surface area contributed by atoms with Crippen LogP contribution in [-0.4, -0.2) is 10.8 Å². The van der Waals surface area contributed by atoms with Gasteiger partial charge in [0, 0.05) is 28.9 Å². The number of carbonyl (C=O) groups excluding carboxylic acids is 1. The van der Waals surface area contributed by atoms with Crippen molar-refractivity contribution in [1.82, 2.24) is 4.98 Å². The van der Waals surface area contributed by atoms with Crippen LogP contribution in [0, 0.1) is 0 Å². The summed E-state index contributed by atoms with van der Waals surface area (Å²) in [7, 11) is 0. The van der Waals surface area contributed by atoms with E-state index in [1.807, 2.05) is 66.7 Å². The zero-order valence-electron chi connectivity index (χ0n) is 15.7. The van der Waals surface area contributed by atoms with Crippen LogP contribution >= 0.6 is 11.6 Å². The molecule has 1 aliphatic heterocycles. The highest BCUT2D eigenvalue weighted by Crippen LogP contribution is 2.44. The smallest absolute Gasteiger partial charge is 0.163 e. The normalized spacial score (nSPS) is 20.8. The van der Waals surface area contributed by atoms with Crippen molar-refractivity contribution < 1.29 is 4.79 Å². The molecule has 29 heavy (non-hydrogen) atoms. The maximum Gasteiger partial charge on any atom is 0.163 e. The monoisotopic (exact) mass is 401 g/mol. The molecular formula is C24H20ClN3O. The van der Waals surface area contributed by atoms with Gasteiger partial charge in [-0.05, 0) is 48.2 Å². The largest absolute Gasteiger partial charge is 0.371 e. The first kappa shape index (κ1) is 18.0. The van der Waals surface area contributed by atoms with E-state index in [-0.39, 0.29) is 17.7 Å². The van der Waals surface area contributed by atoms with Gasteiger partial charge in [-0.15, -0.1) is 0 Å². The number of benzene rings is 2. The summed E-state index contributed by atoms with van der Waals surface area (Å²) in [5, 5.41) is 7.79. The van der Waals surface area contributed by atoms with Crippen LogP contribution in [0.5, 0.6) is 0 Å². The summed E-state index contributed by atoms with van der Waals surface area (Å²) in [4.78, 5) is 17.9. The van der Waals surface area contributed by atoms with Gasteiger partial charge in [-0.1, -0.05) is 48.0 Å². The lowest BCUT2D eigenvalue weighted by Gasteiger charge is -2.29. The minimum atomic E-state index is -0.290. The van der Waals surface area contributed by atoms with Crippen LogP contribution in [0.1, 0.15) is 36.1 Å². The van der Waals surface area contributed by atoms with Gasteiger partial charge in [-0.25, -0.2) is 0 Å². The molecule has 5 heteroatoms. The molecule has 2 atom stereocenters. The Hall–Kier alpha value is -3.11. The number of fused-ring (bicyclic) bond motifs is 1. The van der Waals surface area contributed by atoms with Gasteiger partial charge < -0.3 is 10.6 Å². The number of nitrogens with one attached hydrogen (secondary N) is 2. The third-order valence-corrected chi connectivity index (χ3v) is 5.98. The van der Waals surface area contributed by atoms with Crippen molar-refractivity contribution >= 4 is 28.8 Å². The van der Waals surface area contributed by atoms with Crippen LogP contribution in [0.25, 0.3) is 0 Å². The number of rotatable bonds is 2. The first-order valence-corrected chi connectivity index (χ1v) is 10.1. The van der Waals surface area contributed by atoms with E-state index in [0.717, 1.165) is 40.3 Å². The van der Waals surface area contributed by atoms with Crippen molar-refractivity contribution in [2.75, 3.05) is 10.6 Å². The fraction of sp³-hybridized carbons (Fsp3) is 0.167. The number of Topliss-reactive ketones (excluding diaryl/α,β-unsaturated/α-hetero) is 1. The molecule has 3 aromatic rings. The third-order valence-electron chi connectivity index (χ3n) is 5.64. The average Bonchev–Trinajstić information content (AvgIpc) is 2.91. The number of carbonyl (C=O) groups is 1. The molecule has 0 radical (unpaired) electrons. The summed E-state index contributed by atoms with van der Waals surface area (Å²) in [6.07, 6.45) is 2.93. The molecule has 0 amide bonds. The lowest BCUT2D eigenvalue weighted by molar-refractivity contribution is -0.116. The topological polar surface area (TPSA) is 54.0 Å². The van der Waals surface area contributed by atoms with Gasteiger partial charge in [-0.2, -0.15) is 0 Å². The highest BCUT2D eigenvalue weighted by molar-refractivity contribution is 6.31. The Labute approximate surface area is 174 Å². The van der Waals surface area contributed by atoms with Crippen LogP contribution in [0.4, 0.5) is 11.4 Å². The predicted octanol–water partition coefficient (Wildman–Crippen LogP) is 5.71. The zero-order chi connectivity index (χ0) is 19.8. The molecule has 144 valence electrons. The number of anilines is 2. The molecule has 2 unspecified atom stereocenters. The molecule has 0 saturated heterocycles. The lowest BCUT2D eigenvalue weighted by Crippen LogP contribution is -2.27. The van der Waals surface area contributed by atoms with E-state index in [4.69, 9.17) is 11.6 Å². The Morgan fingerprint density at radius 1 is 0.897 bits per heavy atom. The number of nitrogens with zero attached hydrogens (tertiary/aromatic N) is 1. The molecule has 0 fully saturated rings. The highest BCUT2D eigenvalue weighted by Gasteiger charge is 2.36. The predicted molar refractivity (Wildman–Crippen MR) is 116 cm³/mol. The Balaban J connectivity index is 1.62. The minimum absolute atomic E-state index is 0.0529. The Morgan fingerprint density at radius 3 is 2.45 bits per heavy atom. The van der Waals surface area contributed by atoms with E-state index < -0.39 is 0 Å². The summed E-state index contributed by atoms with van der Waals surface area (Å²) >= 11 is 6.45. The van der Waals surface area contributed by atoms with E-state index >= 15 is 0 Å². The van der Waals surface area contributed by atoms with Crippen molar-refractivity contribution in [2.24, 2.45) is 0 Å². The fourth-order valence-electron chi connectivity index (χ4n) is 4.29. The summed E-state index contributed by atoms with van der Waals surface area (Å²) in [5.41, 5.74) is 5.49. The van der Waals surface area contributed by atoms with Gasteiger partial charge in [0.05, 0.1) is 23.1 Å². The first-order chi connectivity index (χ1) is 14.2. The number of hydrogen-bond acceptors (Lipinski definition) is 4. The second-order valence-corrected chi connectivity index (χ2v) is 7.85. The third kappa shape index (κ3) is 3.30. The maximum atomic E-state index is 13.4. The van der Waals surface area contributed by atoms with Crippen LogP contribution in [0.15, 0.2) is 84.2 Å². The molecule has 1 aliphatic carbocycles. The number of ketones is 1. The van der Waals surface area contributed by atoms with E-state index in [2.05, 4.69) is 15.6 Å². The minimum Gasteiger partial charge on any atom is -0.371 e. The SMILES string of the molecule is O=C1CC(c2ccccc2Cl)CC2=C1C(c1ccccn1)Nc1ccccc1N2. The van der Waals surface area contributed by atoms with Gasteiger partial charge in [0.15, 0.2) is 5.78 Å². The molecule has 1 aromatic heterocycles. The number of halogens is 1. The van der Waals surface area contributed by atoms with Gasteiger partial charge in [0.1, 0.15) is 0 Å². The molecule has 0 saturated carbocycles. The van der Waals surface area contributed by atoms with E-state index in [0.29, 0.717) is 11.4 Å². The van der Waals surface area contributed by atoms with Crippen LogP contribution in [0.2, 0.25) is 5.02 Å². The molecule has 2 aliphatic rings. The van der Waals surface area contributed by atoms with Gasteiger partial charge in [-0.3, -0.25) is 9.78 Å². The fourth-order valence-corrected chi connectivity index (χ4v) is 4.58. The molecular weight excluding hydrogens is 382 g/mol. The summed E-state index contributed by atoms with van der Waals surface area (Å²) < 4.78 is 0. The standard InChI is InChI=1S/C24H20ClN3O/c25-17-8-2-1-7-16(17)15-13-21-23(22(29)14-15)24(20-11-5-6-12-26-20)28-19-10-4-3-9-18(19)27-21/h1-12,15,24,27-28H,13-14H2. The molecule has 2 heterocycles. The molecule has 0 spiro atoms. The van der Waals surface area contributed by atoms with Gasteiger partial charge in [0.25, 0.3) is 0 Å². The maximum absolute atomic E-state index is 13.4. The van der Waals surface area contributed by atoms with E-state index in [1.54, 1.807) is 6.20 Å². The summed E-state index contributed by atoms with van der Waals surface area (Å²) in [6, 6.07) is 21.3. The van der Waals surface area contributed by atoms with Crippen molar-refractivity contribution in [3.63, 3.8) is 0 Å². The Kier molecular flexibility index (Phi) is 4.57. The number of hydrogen-bond donors (Lipinski definition) is 2. The Bertz CT molecular complexity index is 1110.